The van der Waals surface area contributed by atoms with Crippen molar-refractivity contribution < 1.29 is 23.8 Å². The van der Waals surface area contributed by atoms with Crippen molar-refractivity contribution in [2.75, 3.05) is 12.4 Å². The zero-order valence-electron chi connectivity index (χ0n) is 18.3. The molecule has 0 aliphatic rings. The Bertz CT molecular complexity index is 1450. The second-order valence-corrected chi connectivity index (χ2v) is 7.69. The van der Waals surface area contributed by atoms with Crippen LogP contribution in [-0.2, 0) is 4.74 Å². The minimum Gasteiger partial charge on any atom is -0.506 e. The highest BCUT2D eigenvalue weighted by Crippen LogP contribution is 2.27. The summed E-state index contributed by atoms with van der Waals surface area (Å²) < 4.78 is 10.6. The first-order chi connectivity index (χ1) is 15.8. The fourth-order valence-corrected chi connectivity index (χ4v) is 3.61. The predicted molar refractivity (Wildman–Crippen MR) is 125 cm³/mol. The lowest BCUT2D eigenvalue weighted by atomic mass is 10.1. The van der Waals surface area contributed by atoms with Gasteiger partial charge in [0.2, 0.25) is 0 Å². The summed E-state index contributed by atoms with van der Waals surface area (Å²) in [6, 6.07) is 15.8. The van der Waals surface area contributed by atoms with Gasteiger partial charge in [-0.05, 0) is 61.4 Å². The van der Waals surface area contributed by atoms with Gasteiger partial charge in [-0.2, -0.15) is 0 Å². The van der Waals surface area contributed by atoms with Crippen LogP contribution in [0.4, 0.5) is 5.69 Å². The number of fused-ring (bicyclic) bond motifs is 1. The molecule has 0 atom stereocenters. The topological polar surface area (TPSA) is 106 Å². The summed E-state index contributed by atoms with van der Waals surface area (Å²) in [5, 5.41) is 13.2. The van der Waals surface area contributed by atoms with Crippen molar-refractivity contribution in [3.63, 3.8) is 0 Å². The first-order valence-electron chi connectivity index (χ1n) is 10.1. The Balaban J connectivity index is 1.58. The predicted octanol–water partition coefficient (Wildman–Crippen LogP) is 4.82. The van der Waals surface area contributed by atoms with Crippen molar-refractivity contribution in [1.82, 2.24) is 0 Å². The number of aromatic hydroxyl groups is 1. The summed E-state index contributed by atoms with van der Waals surface area (Å²) in [5.41, 5.74) is 3.57. The van der Waals surface area contributed by atoms with Crippen LogP contribution in [0.25, 0.3) is 22.3 Å². The fourth-order valence-electron chi connectivity index (χ4n) is 3.61. The number of rotatable bonds is 4. The van der Waals surface area contributed by atoms with Gasteiger partial charge in [-0.3, -0.25) is 9.59 Å². The van der Waals surface area contributed by atoms with E-state index < -0.39 is 11.9 Å². The van der Waals surface area contributed by atoms with Gasteiger partial charge in [0.1, 0.15) is 17.1 Å². The van der Waals surface area contributed by atoms with Crippen LogP contribution in [0.5, 0.6) is 5.75 Å². The number of amides is 1. The smallest absolute Gasteiger partial charge is 0.337 e. The molecule has 0 bridgehead atoms. The lowest BCUT2D eigenvalue weighted by Crippen LogP contribution is -2.12. The third kappa shape index (κ3) is 4.34. The van der Waals surface area contributed by atoms with E-state index in [0.717, 1.165) is 11.1 Å². The number of ether oxygens (including phenoxy) is 1. The van der Waals surface area contributed by atoms with E-state index in [9.17, 15) is 19.5 Å². The Morgan fingerprint density at radius 1 is 0.939 bits per heavy atom. The van der Waals surface area contributed by atoms with Gasteiger partial charge in [-0.1, -0.05) is 18.2 Å². The number of aryl methyl sites for hydroxylation is 2. The van der Waals surface area contributed by atoms with Crippen molar-refractivity contribution in [1.29, 1.82) is 0 Å². The second-order valence-electron chi connectivity index (χ2n) is 7.69. The molecule has 1 aromatic heterocycles. The van der Waals surface area contributed by atoms with E-state index in [0.29, 0.717) is 27.9 Å². The van der Waals surface area contributed by atoms with Crippen molar-refractivity contribution >= 4 is 28.5 Å². The number of anilines is 1. The van der Waals surface area contributed by atoms with Gasteiger partial charge < -0.3 is 19.6 Å². The first-order valence-corrected chi connectivity index (χ1v) is 10.1. The standard InChI is InChI=1S/C26H21NO6/c1-14-10-15(2)24-19(11-14)21(28)13-23(33-24)16-4-6-17(7-5-16)25(30)27-20-9-8-18(12-22(20)29)26(31)32-3/h4-13,29H,1-3H3,(H,27,30). The molecule has 0 radical (unpaired) electrons. The molecule has 7 heteroatoms. The van der Waals surface area contributed by atoms with Gasteiger partial charge in [0.15, 0.2) is 5.43 Å². The molecule has 33 heavy (non-hydrogen) atoms. The van der Waals surface area contributed by atoms with Crippen LogP contribution in [0.3, 0.4) is 0 Å². The van der Waals surface area contributed by atoms with Crippen LogP contribution in [0.15, 0.2) is 69.9 Å². The van der Waals surface area contributed by atoms with Gasteiger partial charge >= 0.3 is 5.97 Å². The van der Waals surface area contributed by atoms with E-state index in [2.05, 4.69) is 10.1 Å². The van der Waals surface area contributed by atoms with E-state index in [1.54, 1.807) is 30.3 Å². The summed E-state index contributed by atoms with van der Waals surface area (Å²) in [7, 11) is 1.24. The molecule has 0 spiro atoms. The summed E-state index contributed by atoms with van der Waals surface area (Å²) >= 11 is 0. The molecule has 7 nitrogen and oxygen atoms in total. The van der Waals surface area contributed by atoms with Gasteiger partial charge in [-0.15, -0.1) is 0 Å². The van der Waals surface area contributed by atoms with E-state index in [1.807, 2.05) is 19.9 Å². The number of benzene rings is 3. The number of methoxy groups -OCH3 is 1. The first kappa shape index (κ1) is 21.8. The van der Waals surface area contributed by atoms with Gasteiger partial charge in [0.25, 0.3) is 5.91 Å². The molecule has 4 rings (SSSR count). The fraction of sp³-hybridized carbons (Fsp3) is 0.115. The van der Waals surface area contributed by atoms with Crippen LogP contribution in [0.1, 0.15) is 31.8 Å². The number of esters is 1. The molecule has 4 aromatic rings. The number of carbonyl (C=O) groups is 2. The zero-order chi connectivity index (χ0) is 23.7. The molecular weight excluding hydrogens is 422 g/mol. The lowest BCUT2D eigenvalue weighted by Gasteiger charge is -2.10. The van der Waals surface area contributed by atoms with Crippen LogP contribution in [0.2, 0.25) is 0 Å². The maximum absolute atomic E-state index is 12.6. The highest BCUT2D eigenvalue weighted by Gasteiger charge is 2.14. The molecule has 0 saturated heterocycles. The molecule has 0 unspecified atom stereocenters. The molecule has 0 saturated carbocycles. The van der Waals surface area contributed by atoms with Gasteiger partial charge in [0.05, 0.1) is 23.7 Å². The molecular formula is C26H21NO6. The zero-order valence-corrected chi connectivity index (χ0v) is 18.3. The number of phenolic OH excluding ortho intramolecular Hbond substituents is 1. The number of phenols is 1. The third-order valence-electron chi connectivity index (χ3n) is 5.26. The number of carbonyl (C=O) groups excluding carboxylic acids is 2. The van der Waals surface area contributed by atoms with Crippen LogP contribution < -0.4 is 10.7 Å². The van der Waals surface area contributed by atoms with E-state index in [-0.39, 0.29) is 22.4 Å². The molecule has 0 aliphatic carbocycles. The largest absolute Gasteiger partial charge is 0.506 e. The SMILES string of the molecule is COC(=O)c1ccc(NC(=O)c2ccc(-c3cc(=O)c4cc(C)cc(C)c4o3)cc2)c(O)c1. The molecule has 3 aromatic carbocycles. The minimum atomic E-state index is -0.593. The number of nitrogens with one attached hydrogen (secondary N) is 1. The van der Waals surface area contributed by atoms with Crippen LogP contribution in [0, 0.1) is 13.8 Å². The summed E-state index contributed by atoms with van der Waals surface area (Å²) in [6.45, 7) is 3.82. The Hall–Kier alpha value is -4.39. The molecule has 1 heterocycles. The van der Waals surface area contributed by atoms with Crippen LogP contribution >= 0.6 is 0 Å². The van der Waals surface area contributed by atoms with Gasteiger partial charge in [0, 0.05) is 17.2 Å². The van der Waals surface area contributed by atoms with Crippen molar-refractivity contribution in [2.24, 2.45) is 0 Å². The highest BCUT2D eigenvalue weighted by atomic mass is 16.5. The van der Waals surface area contributed by atoms with E-state index in [1.165, 1.54) is 31.4 Å². The van der Waals surface area contributed by atoms with E-state index in [4.69, 9.17) is 4.42 Å². The molecule has 1 amide bonds. The summed E-state index contributed by atoms with van der Waals surface area (Å²) in [4.78, 5) is 36.8. The average molecular weight is 443 g/mol. The average Bonchev–Trinajstić information content (AvgIpc) is 2.80. The van der Waals surface area contributed by atoms with Crippen molar-refractivity contribution in [2.45, 2.75) is 13.8 Å². The third-order valence-corrected chi connectivity index (χ3v) is 5.26. The molecule has 0 fully saturated rings. The molecule has 2 N–H and O–H groups in total. The lowest BCUT2D eigenvalue weighted by molar-refractivity contribution is 0.0600. The van der Waals surface area contributed by atoms with E-state index >= 15 is 0 Å². The van der Waals surface area contributed by atoms with Gasteiger partial charge in [-0.25, -0.2) is 4.79 Å². The number of hydrogen-bond acceptors (Lipinski definition) is 6. The normalized spacial score (nSPS) is 10.8. The Labute approximate surface area is 189 Å². The Morgan fingerprint density at radius 3 is 2.30 bits per heavy atom. The molecule has 166 valence electrons. The van der Waals surface area contributed by atoms with Crippen molar-refractivity contribution in [3.05, 3.63) is 93.1 Å². The maximum Gasteiger partial charge on any atom is 0.337 e. The summed E-state index contributed by atoms with van der Waals surface area (Å²) in [6.07, 6.45) is 0. The Morgan fingerprint density at radius 2 is 1.64 bits per heavy atom. The highest BCUT2D eigenvalue weighted by molar-refractivity contribution is 6.05. The van der Waals surface area contributed by atoms with Crippen LogP contribution in [-0.4, -0.2) is 24.1 Å². The minimum absolute atomic E-state index is 0.134. The number of hydrogen-bond donors (Lipinski definition) is 2. The monoisotopic (exact) mass is 443 g/mol. The Kier molecular flexibility index (Phi) is 5.70. The second kappa shape index (κ2) is 8.63. The van der Waals surface area contributed by atoms with Crippen molar-refractivity contribution in [3.8, 4) is 17.1 Å². The molecule has 0 aliphatic heterocycles. The summed E-state index contributed by atoms with van der Waals surface area (Å²) in [5.74, 6) is -0.896. The quantitative estimate of drug-likeness (QED) is 0.346. The maximum atomic E-state index is 12.6.